The van der Waals surface area contributed by atoms with Crippen molar-refractivity contribution in [1.82, 2.24) is 9.80 Å². The van der Waals surface area contributed by atoms with Gasteiger partial charge in [0.15, 0.2) is 17.1 Å². The van der Waals surface area contributed by atoms with E-state index < -0.39 is 42.2 Å². The Morgan fingerprint density at radius 1 is 0.973 bits per heavy atom. The molecule has 3 heterocycles. The molecule has 13 heteroatoms. The molecule has 0 saturated carbocycles. The number of hydrogen-bond donors (Lipinski definition) is 0. The summed E-state index contributed by atoms with van der Waals surface area (Å²) in [5.74, 6) is -0.650. The Labute approximate surface area is 207 Å². The molecule has 0 unspecified atom stereocenters. The van der Waals surface area contributed by atoms with Gasteiger partial charge in [0.05, 0.1) is 7.11 Å². The van der Waals surface area contributed by atoms with Crippen LogP contribution in [0.2, 0.25) is 0 Å². The van der Waals surface area contributed by atoms with Gasteiger partial charge in [-0.15, -0.1) is 0 Å². The van der Waals surface area contributed by atoms with Crippen molar-refractivity contribution >= 4 is 22.8 Å². The highest BCUT2D eigenvalue weighted by atomic mass is 19.4. The number of furan rings is 1. The SMILES string of the molecule is COc1cccc2cc(C(=O)N3CCC4(CCN(C(=O)CCC(F)(C(F)(F)F)C(F)(F)F)C4)CC3)oc12. The molecule has 6 nitrogen and oxygen atoms in total. The first kappa shape index (κ1) is 27.1. The number of para-hydroxylation sites is 1. The number of carbonyl (C=O) groups is 2. The van der Waals surface area contributed by atoms with Crippen molar-refractivity contribution in [2.45, 2.75) is 50.1 Å². The van der Waals surface area contributed by atoms with E-state index in [4.69, 9.17) is 9.15 Å². The number of fused-ring (bicyclic) bond motifs is 1. The van der Waals surface area contributed by atoms with Crippen molar-refractivity contribution in [2.24, 2.45) is 5.41 Å². The zero-order valence-corrected chi connectivity index (χ0v) is 19.8. The Balaban J connectivity index is 1.34. The monoisotopic (exact) mass is 538 g/mol. The number of hydrogen-bond acceptors (Lipinski definition) is 4. The summed E-state index contributed by atoms with van der Waals surface area (Å²) >= 11 is 0. The molecule has 1 spiro atoms. The van der Waals surface area contributed by atoms with Crippen LogP contribution in [0.25, 0.3) is 11.0 Å². The van der Waals surface area contributed by atoms with Gasteiger partial charge in [0.1, 0.15) is 0 Å². The normalized spacial score (nSPS) is 18.6. The van der Waals surface area contributed by atoms with E-state index in [1.807, 2.05) is 0 Å². The molecule has 2 saturated heterocycles. The second-order valence-corrected chi connectivity index (χ2v) is 9.64. The fraction of sp³-hybridized carbons (Fsp3) is 0.583. The Morgan fingerprint density at radius 2 is 1.57 bits per heavy atom. The molecule has 0 radical (unpaired) electrons. The van der Waals surface area contributed by atoms with Crippen molar-refractivity contribution < 1.29 is 49.5 Å². The molecule has 2 aliphatic rings. The molecule has 2 fully saturated rings. The maximum Gasteiger partial charge on any atom is 0.431 e. The summed E-state index contributed by atoms with van der Waals surface area (Å²) in [6.07, 6.45) is -14.1. The van der Waals surface area contributed by atoms with E-state index in [0.717, 1.165) is 0 Å². The molecule has 0 N–H and O–H groups in total. The zero-order valence-electron chi connectivity index (χ0n) is 19.8. The first-order chi connectivity index (χ1) is 17.2. The number of halogens is 7. The lowest BCUT2D eigenvalue weighted by molar-refractivity contribution is -0.343. The number of rotatable bonds is 5. The molecular weight excluding hydrogens is 513 g/mol. The fourth-order valence-electron chi connectivity index (χ4n) is 5.08. The highest BCUT2D eigenvalue weighted by Crippen LogP contribution is 2.49. The van der Waals surface area contributed by atoms with Crippen molar-refractivity contribution in [3.05, 3.63) is 30.0 Å². The predicted molar refractivity (Wildman–Crippen MR) is 117 cm³/mol. The minimum absolute atomic E-state index is 0.132. The molecule has 0 atom stereocenters. The smallest absolute Gasteiger partial charge is 0.431 e. The highest BCUT2D eigenvalue weighted by molar-refractivity contribution is 5.97. The topological polar surface area (TPSA) is 63.0 Å². The number of alkyl halides is 7. The summed E-state index contributed by atoms with van der Waals surface area (Å²) in [5, 5.41) is 0.703. The van der Waals surface area contributed by atoms with Gasteiger partial charge in [0.2, 0.25) is 5.91 Å². The van der Waals surface area contributed by atoms with Crippen LogP contribution in [0.5, 0.6) is 5.75 Å². The number of amides is 2. The van der Waals surface area contributed by atoms with Crippen LogP contribution in [-0.2, 0) is 4.79 Å². The average Bonchev–Trinajstić information content (AvgIpc) is 3.45. The second-order valence-electron chi connectivity index (χ2n) is 9.64. The largest absolute Gasteiger partial charge is 0.493 e. The molecule has 204 valence electrons. The lowest BCUT2D eigenvalue weighted by atomic mass is 9.77. The van der Waals surface area contributed by atoms with Gasteiger partial charge < -0.3 is 19.0 Å². The third kappa shape index (κ3) is 4.96. The number of likely N-dealkylation sites (tertiary alicyclic amines) is 2. The Kier molecular flexibility index (Phi) is 6.87. The molecule has 2 aromatic rings. The first-order valence-corrected chi connectivity index (χ1v) is 11.7. The van der Waals surface area contributed by atoms with Gasteiger partial charge in [-0.05, 0) is 36.8 Å². The zero-order chi connectivity index (χ0) is 27.2. The molecule has 37 heavy (non-hydrogen) atoms. The van der Waals surface area contributed by atoms with Gasteiger partial charge in [-0.3, -0.25) is 9.59 Å². The van der Waals surface area contributed by atoms with Crippen molar-refractivity contribution in [2.75, 3.05) is 33.3 Å². The Bertz CT molecular complexity index is 1150. The fourth-order valence-corrected chi connectivity index (χ4v) is 5.08. The summed E-state index contributed by atoms with van der Waals surface area (Å²) in [7, 11) is 1.49. The number of nitrogens with zero attached hydrogens (tertiary/aromatic N) is 2. The van der Waals surface area contributed by atoms with E-state index in [2.05, 4.69) is 0 Å². The minimum Gasteiger partial charge on any atom is -0.493 e. The van der Waals surface area contributed by atoms with Gasteiger partial charge in [-0.25, -0.2) is 4.39 Å². The van der Waals surface area contributed by atoms with E-state index >= 15 is 0 Å². The number of benzene rings is 1. The Morgan fingerprint density at radius 3 is 2.14 bits per heavy atom. The lowest BCUT2D eigenvalue weighted by Crippen LogP contribution is -2.53. The maximum atomic E-state index is 13.9. The van der Waals surface area contributed by atoms with E-state index in [-0.39, 0.29) is 24.8 Å². The van der Waals surface area contributed by atoms with Gasteiger partial charge in [-0.2, -0.15) is 26.3 Å². The van der Waals surface area contributed by atoms with Crippen molar-refractivity contribution in [3.63, 3.8) is 0 Å². The quantitative estimate of drug-likeness (QED) is 0.471. The van der Waals surface area contributed by atoms with Gasteiger partial charge in [0, 0.05) is 44.4 Å². The molecular formula is C24H25F7N2O4. The predicted octanol–water partition coefficient (Wildman–Crippen LogP) is 5.51. The summed E-state index contributed by atoms with van der Waals surface area (Å²) < 4.78 is 101. The molecule has 1 aromatic carbocycles. The lowest BCUT2D eigenvalue weighted by Gasteiger charge is -2.39. The molecule has 1 aromatic heterocycles. The van der Waals surface area contributed by atoms with Crippen LogP contribution in [0.4, 0.5) is 30.7 Å². The van der Waals surface area contributed by atoms with Gasteiger partial charge in [0.25, 0.3) is 11.6 Å². The molecule has 2 amide bonds. The Hall–Kier alpha value is -2.99. The number of carbonyl (C=O) groups excluding carboxylic acids is 2. The van der Waals surface area contributed by atoms with Crippen LogP contribution in [0.15, 0.2) is 28.7 Å². The van der Waals surface area contributed by atoms with Crippen LogP contribution in [0.1, 0.15) is 42.7 Å². The van der Waals surface area contributed by atoms with Crippen LogP contribution in [-0.4, -0.2) is 72.9 Å². The third-order valence-electron chi connectivity index (χ3n) is 7.42. The van der Waals surface area contributed by atoms with Crippen LogP contribution < -0.4 is 4.74 Å². The number of ether oxygens (including phenoxy) is 1. The van der Waals surface area contributed by atoms with E-state index in [0.29, 0.717) is 49.1 Å². The van der Waals surface area contributed by atoms with Crippen LogP contribution >= 0.6 is 0 Å². The van der Waals surface area contributed by atoms with E-state index in [1.54, 1.807) is 29.2 Å². The average molecular weight is 538 g/mol. The second kappa shape index (κ2) is 9.39. The molecule has 0 bridgehead atoms. The summed E-state index contributed by atoms with van der Waals surface area (Å²) in [4.78, 5) is 28.2. The summed E-state index contributed by atoms with van der Waals surface area (Å²) in [6.45, 7) is 0.954. The standard InChI is InChI=1S/C24H25F7N2O4/c1-36-16-4-2-3-15-13-17(37-19(15)16)20(35)32-10-7-21(8-11-32)9-12-33(14-21)18(34)5-6-22(25,23(26,27)28)24(29,30)31/h2-4,13H,5-12,14H2,1H3. The van der Waals surface area contributed by atoms with Crippen molar-refractivity contribution in [3.8, 4) is 5.75 Å². The van der Waals surface area contributed by atoms with Crippen molar-refractivity contribution in [1.29, 1.82) is 0 Å². The highest BCUT2D eigenvalue weighted by Gasteiger charge is 2.72. The number of piperidine rings is 1. The maximum absolute atomic E-state index is 13.9. The van der Waals surface area contributed by atoms with Gasteiger partial charge in [-0.1, -0.05) is 12.1 Å². The summed E-state index contributed by atoms with van der Waals surface area (Å²) in [5.41, 5.74) is -5.41. The number of methoxy groups -OCH3 is 1. The van der Waals surface area contributed by atoms with Crippen LogP contribution in [0, 0.1) is 5.41 Å². The first-order valence-electron chi connectivity index (χ1n) is 11.7. The van der Waals surface area contributed by atoms with E-state index in [1.165, 1.54) is 12.0 Å². The molecule has 0 aliphatic carbocycles. The van der Waals surface area contributed by atoms with Gasteiger partial charge >= 0.3 is 12.4 Å². The van der Waals surface area contributed by atoms with Crippen LogP contribution in [0.3, 0.4) is 0 Å². The molecule has 4 rings (SSSR count). The van der Waals surface area contributed by atoms with E-state index in [9.17, 15) is 40.3 Å². The summed E-state index contributed by atoms with van der Waals surface area (Å²) in [6, 6.07) is 6.87. The molecule has 2 aliphatic heterocycles. The minimum atomic E-state index is -6.18. The third-order valence-corrected chi connectivity index (χ3v) is 7.42.